The van der Waals surface area contributed by atoms with Gasteiger partial charge in [-0.05, 0) is 316 Å². The van der Waals surface area contributed by atoms with Crippen molar-refractivity contribution in [1.29, 1.82) is 0 Å². The molecule has 9 fully saturated rings. The third-order valence-electron chi connectivity index (χ3n) is 35.2. The van der Waals surface area contributed by atoms with Crippen molar-refractivity contribution in [1.82, 2.24) is 0 Å². The highest BCUT2D eigenvalue weighted by molar-refractivity contribution is 6.09. The Hall–Kier alpha value is -5.91. The van der Waals surface area contributed by atoms with Crippen molar-refractivity contribution < 1.29 is 116 Å². The van der Waals surface area contributed by atoms with Crippen LogP contribution in [0.1, 0.15) is 548 Å². The minimum atomic E-state index is -1.99. The highest BCUT2D eigenvalue weighted by atomic mass is 19.2. The molecule has 146 heavy (non-hydrogen) atoms. The summed E-state index contributed by atoms with van der Waals surface area (Å²) >= 11 is 0. The SMILES string of the molecule is CC(=O)CC(=O)C1(F)CCC(C)(C)CC1.CC(C)(C)C(=O)CC(=O)C(C)(C)F.CC1(C)CCC(C(=O)CC(=O)C2(F)CCC(C)(C)CC2)CC1.CC1(C)CCC(F)(C(=O)CC(=O)C2(C)CCCCC2)CC1.CC1(C)CCC(F)(C(=O)CC(=O)C2CCCCC2)CC1.CCC(CC)C(=O)CC(=O)C1(F)CCC(C)(C)CC1.CCC(CC)C(=O)CC(=O)C1(F)CCC(C)(C)CC1.CCC(F)(CC)C(=O)CC(=O)C(F)(CC)CC. The third-order valence-corrected chi connectivity index (χ3v) is 35.2. The molecular formula is C121H199F9O16. The van der Waals surface area contributed by atoms with Crippen LogP contribution >= 0.6 is 0 Å². The molecule has 25 heteroatoms. The predicted octanol–water partition coefficient (Wildman–Crippen LogP) is 31.5. The first kappa shape index (κ1) is 136. The van der Waals surface area contributed by atoms with Gasteiger partial charge in [0.25, 0.3) is 0 Å². The van der Waals surface area contributed by atoms with Crippen LogP contribution in [0.5, 0.6) is 0 Å². The molecule has 0 amide bonds. The summed E-state index contributed by atoms with van der Waals surface area (Å²) in [6.07, 6.45) is 26.6. The molecule has 16 nitrogen and oxygen atoms in total. The Labute approximate surface area is 875 Å². The summed E-state index contributed by atoms with van der Waals surface area (Å²) in [6, 6.07) is 0. The van der Waals surface area contributed by atoms with Crippen molar-refractivity contribution in [2.75, 3.05) is 0 Å². The fourth-order valence-corrected chi connectivity index (χ4v) is 21.0. The Balaban J connectivity index is 0.000000567. The summed E-state index contributed by atoms with van der Waals surface area (Å²) in [5.41, 5.74) is -16.3. The maximum Gasteiger partial charge on any atom is 0.177 e. The summed E-state index contributed by atoms with van der Waals surface area (Å²) in [7, 11) is 0. The van der Waals surface area contributed by atoms with Gasteiger partial charge in [-0.1, -0.05) is 219 Å². The Morgan fingerprint density at radius 2 is 0.466 bits per heavy atom. The van der Waals surface area contributed by atoms with Gasteiger partial charge in [-0.25, -0.2) is 39.5 Å². The normalized spacial score (nSPS) is 22.2. The highest BCUT2D eigenvalue weighted by Gasteiger charge is 2.53. The quantitative estimate of drug-likeness (QED) is 0.0410. The van der Waals surface area contributed by atoms with E-state index in [0.717, 1.165) is 141 Å². The number of halogens is 9. The first-order valence-corrected chi connectivity index (χ1v) is 56.3. The fourth-order valence-electron chi connectivity index (χ4n) is 21.0. The Morgan fingerprint density at radius 1 is 0.247 bits per heavy atom. The number of Topliss-reactive ketones (excluding diaryl/α,β-unsaturated/α-hetero) is 16. The molecule has 9 aliphatic rings. The van der Waals surface area contributed by atoms with E-state index in [2.05, 4.69) is 96.9 Å². The van der Waals surface area contributed by atoms with E-state index in [9.17, 15) is 116 Å². The van der Waals surface area contributed by atoms with E-state index in [1.54, 1.807) is 48.5 Å². The van der Waals surface area contributed by atoms with Gasteiger partial charge in [0.1, 0.15) is 40.5 Å². The molecule has 842 valence electrons. The van der Waals surface area contributed by atoms with Gasteiger partial charge in [0.2, 0.25) is 0 Å². The van der Waals surface area contributed by atoms with Gasteiger partial charge in [-0.15, -0.1) is 0 Å². The second-order valence-corrected chi connectivity index (χ2v) is 52.9. The molecule has 0 N–H and O–H groups in total. The largest absolute Gasteiger partial charge is 0.300 e. The molecule has 0 radical (unpaired) electrons. The topological polar surface area (TPSA) is 273 Å². The van der Waals surface area contributed by atoms with Gasteiger partial charge in [0, 0.05) is 34.5 Å². The van der Waals surface area contributed by atoms with Crippen molar-refractivity contribution in [2.45, 2.75) is 599 Å². The number of ketones is 16. The van der Waals surface area contributed by atoms with Gasteiger partial charge in [-0.2, -0.15) is 0 Å². The molecule has 0 bridgehead atoms. The van der Waals surface area contributed by atoms with Crippen molar-refractivity contribution in [3.63, 3.8) is 0 Å². The first-order chi connectivity index (χ1) is 66.6. The molecule has 0 aliphatic heterocycles. The summed E-state index contributed by atoms with van der Waals surface area (Å²) < 4.78 is 129. The van der Waals surface area contributed by atoms with E-state index in [-0.39, 0.29) is 244 Å². The predicted molar refractivity (Wildman–Crippen MR) is 564 cm³/mol. The van der Waals surface area contributed by atoms with Crippen LogP contribution in [-0.2, 0) is 76.7 Å². The summed E-state index contributed by atoms with van der Waals surface area (Å²) in [5, 5.41) is 0. The van der Waals surface area contributed by atoms with E-state index in [0.29, 0.717) is 43.9 Å². The summed E-state index contributed by atoms with van der Waals surface area (Å²) in [6.45, 7) is 54.4. The summed E-state index contributed by atoms with van der Waals surface area (Å²) in [4.78, 5) is 190. The number of hydrogen-bond acceptors (Lipinski definition) is 16. The van der Waals surface area contributed by atoms with Crippen LogP contribution < -0.4 is 0 Å². The van der Waals surface area contributed by atoms with Gasteiger partial charge in [-0.3, -0.25) is 76.7 Å². The smallest absolute Gasteiger partial charge is 0.177 e. The zero-order valence-electron chi connectivity index (χ0n) is 96.4. The molecular weight excluding hydrogens is 1880 g/mol. The van der Waals surface area contributed by atoms with Crippen molar-refractivity contribution in [3.05, 3.63) is 0 Å². The minimum Gasteiger partial charge on any atom is -0.300 e. The molecule has 0 saturated heterocycles. The van der Waals surface area contributed by atoms with Gasteiger partial charge in [0.15, 0.2) is 103 Å². The molecule has 9 rings (SSSR count). The molecule has 9 saturated carbocycles. The second kappa shape index (κ2) is 56.8. The van der Waals surface area contributed by atoms with Crippen molar-refractivity contribution >= 4 is 92.5 Å². The van der Waals surface area contributed by atoms with Crippen LogP contribution in [-0.4, -0.2) is 144 Å². The van der Waals surface area contributed by atoms with Crippen LogP contribution in [0.25, 0.3) is 0 Å². The molecule has 0 unspecified atom stereocenters. The zero-order chi connectivity index (χ0) is 113. The Bertz CT molecular complexity index is 4130. The Kier molecular flexibility index (Phi) is 53.0. The molecule has 9 aliphatic carbocycles. The summed E-state index contributed by atoms with van der Waals surface area (Å²) in [5.74, 6) is -6.02. The zero-order valence-corrected chi connectivity index (χ0v) is 96.4. The fraction of sp³-hybridized carbons (Fsp3) is 0.868. The van der Waals surface area contributed by atoms with Crippen LogP contribution in [0.15, 0.2) is 0 Å². The average Bonchev–Trinajstić information content (AvgIpc) is 1.02. The molecule has 0 aromatic heterocycles. The Morgan fingerprint density at radius 3 is 0.699 bits per heavy atom. The first-order valence-electron chi connectivity index (χ1n) is 56.3. The number of hydrogen-bond donors (Lipinski definition) is 0. The second-order valence-electron chi connectivity index (χ2n) is 52.9. The molecule has 0 heterocycles. The van der Waals surface area contributed by atoms with Crippen LogP contribution in [0.2, 0.25) is 0 Å². The lowest BCUT2D eigenvalue weighted by molar-refractivity contribution is -0.142. The van der Waals surface area contributed by atoms with Crippen molar-refractivity contribution in [3.8, 4) is 0 Å². The van der Waals surface area contributed by atoms with E-state index in [1.165, 1.54) is 33.6 Å². The van der Waals surface area contributed by atoms with E-state index in [1.807, 2.05) is 34.6 Å². The van der Waals surface area contributed by atoms with Gasteiger partial charge >= 0.3 is 0 Å². The number of rotatable bonds is 38. The van der Waals surface area contributed by atoms with Gasteiger partial charge in [0.05, 0.1) is 51.4 Å². The average molecular weight is 2080 g/mol. The molecule has 0 aromatic rings. The lowest BCUT2D eigenvalue weighted by Crippen LogP contribution is -2.43. The van der Waals surface area contributed by atoms with E-state index in [4.69, 9.17) is 0 Å². The molecule has 0 spiro atoms. The lowest BCUT2D eigenvalue weighted by atomic mass is 9.68. The van der Waals surface area contributed by atoms with Crippen LogP contribution in [0.3, 0.4) is 0 Å². The lowest BCUT2D eigenvalue weighted by Gasteiger charge is -2.38. The van der Waals surface area contributed by atoms with E-state index < -0.39 is 120 Å². The molecule has 0 atom stereocenters. The van der Waals surface area contributed by atoms with Crippen LogP contribution in [0, 0.1) is 72.4 Å². The number of alkyl halides is 9. The third kappa shape index (κ3) is 44.3. The monoisotopic (exact) mass is 2080 g/mol. The minimum absolute atomic E-state index is 0.0105. The maximum absolute atomic E-state index is 14.9. The van der Waals surface area contributed by atoms with Gasteiger partial charge < -0.3 is 0 Å². The van der Waals surface area contributed by atoms with Crippen LogP contribution in [0.4, 0.5) is 39.5 Å². The number of carbonyl (C=O) groups excluding carboxylic acids is 16. The highest BCUT2D eigenvalue weighted by Crippen LogP contribution is 2.51. The molecule has 0 aromatic carbocycles. The maximum atomic E-state index is 14.9. The number of carbonyl (C=O) groups is 16. The van der Waals surface area contributed by atoms with Crippen molar-refractivity contribution in [2.24, 2.45) is 72.4 Å². The standard InChI is InChI=1S/C19H31FO2.C18H29FO2.C17H27FO2.2C16H27FO2.C13H22F2O2.C12H19FO2.C10H17FO2/c1-17(2)7-5-14(6-8-17)15(21)13-16(22)19(20)11-9-18(3,4)10-12-19;1-16(2)9-11-18(19,12-10-16)15(21)13-14(20)17(3)7-5-4-6-8-17;1-16(2)8-10-17(18,11-9-16)15(20)12-14(19)13-6-4-3-5-7-13;2*1-5-12(6-2)13(18)11-14(19)16(17)9-7-15(3,4)8-10-16;1-5-12(14,6-2)10(16)9-11(17)13(15,7-3)8-4;1-9(14)8-10(15)12(13)6-4-11(2,3)5-7-12;1-9(2,3)7(12)6-8(13)10(4,5)11/h14H,5-13H2,1-4H3;4-13H2,1-3H3;13H,3-12H2,1-2H3;2*12H,5-11H2,1-4H3;5-9H2,1-4H3;4-8H2,1-3H3;6H2,1-5H3. The van der Waals surface area contributed by atoms with E-state index >= 15 is 0 Å².